The zero-order valence-corrected chi connectivity index (χ0v) is 22.3. The van der Waals surface area contributed by atoms with E-state index in [0.717, 1.165) is 28.6 Å². The zero-order valence-electron chi connectivity index (χ0n) is 21.5. The fraction of sp³-hybridized carbons (Fsp3) is 0.407. The summed E-state index contributed by atoms with van der Waals surface area (Å²) in [5.41, 5.74) is 0.991. The van der Waals surface area contributed by atoms with Crippen molar-refractivity contribution in [3.8, 4) is 5.75 Å². The van der Waals surface area contributed by atoms with Gasteiger partial charge in [0.2, 0.25) is 10.0 Å². The van der Waals surface area contributed by atoms with Crippen LogP contribution in [0, 0.1) is 0 Å². The van der Waals surface area contributed by atoms with Gasteiger partial charge in [-0.1, -0.05) is 24.3 Å². The third kappa shape index (κ3) is 5.86. The number of nitrogens with one attached hydrogen (secondary N) is 1. The number of alkyl halides is 3. The number of halogens is 3. The Morgan fingerprint density at radius 2 is 1.85 bits per heavy atom. The average molecular weight is 579 g/mol. The van der Waals surface area contributed by atoms with E-state index in [4.69, 9.17) is 5.11 Å². The van der Waals surface area contributed by atoms with Crippen LogP contribution in [0.4, 0.5) is 13.2 Å². The van der Waals surface area contributed by atoms with E-state index in [-0.39, 0.29) is 49.7 Å². The monoisotopic (exact) mass is 578 g/mol. The minimum absolute atomic E-state index is 0.0896. The molecule has 3 heterocycles. The van der Waals surface area contributed by atoms with E-state index in [2.05, 4.69) is 15.0 Å². The number of aryl methyl sites for hydroxylation is 2. The van der Waals surface area contributed by atoms with Gasteiger partial charge in [-0.25, -0.2) is 12.7 Å². The third-order valence-electron chi connectivity index (χ3n) is 7.35. The lowest BCUT2D eigenvalue weighted by molar-refractivity contribution is -0.274. The summed E-state index contributed by atoms with van der Waals surface area (Å²) in [7, 11) is -3.62. The molecule has 0 atom stereocenters. The fourth-order valence-electron chi connectivity index (χ4n) is 5.28. The maximum Gasteiger partial charge on any atom is 0.573 e. The van der Waals surface area contributed by atoms with E-state index in [1.54, 1.807) is 0 Å². The van der Waals surface area contributed by atoms with Gasteiger partial charge >= 0.3 is 6.36 Å². The van der Waals surface area contributed by atoms with E-state index >= 15 is 0 Å². The lowest BCUT2D eigenvalue weighted by atomic mass is 9.89. The van der Waals surface area contributed by atoms with Crippen molar-refractivity contribution in [3.63, 3.8) is 0 Å². The van der Waals surface area contributed by atoms with Crippen LogP contribution in [0.3, 0.4) is 0 Å². The van der Waals surface area contributed by atoms with Crippen molar-refractivity contribution >= 4 is 32.7 Å². The molecule has 1 spiro atoms. The molecule has 1 aromatic heterocycles. The quantitative estimate of drug-likeness (QED) is 0.405. The molecule has 1 saturated heterocycles. The van der Waals surface area contributed by atoms with Gasteiger partial charge in [-0.05, 0) is 55.5 Å². The largest absolute Gasteiger partial charge is 0.573 e. The summed E-state index contributed by atoms with van der Waals surface area (Å²) >= 11 is 0. The summed E-state index contributed by atoms with van der Waals surface area (Å²) in [4.78, 5) is 17.4. The summed E-state index contributed by atoms with van der Waals surface area (Å²) in [5.74, 6) is -0.790. The minimum Gasteiger partial charge on any atom is -0.406 e. The number of rotatable bonds is 9. The van der Waals surface area contributed by atoms with Crippen LogP contribution in [0.2, 0.25) is 0 Å². The molecular formula is C27H29F3N4O5S. The second kappa shape index (κ2) is 10.9. The first-order valence-corrected chi connectivity index (χ1v) is 14.5. The number of piperidine rings is 1. The van der Waals surface area contributed by atoms with Crippen LogP contribution in [0.25, 0.3) is 10.9 Å². The van der Waals surface area contributed by atoms with Gasteiger partial charge in [0.15, 0.2) is 0 Å². The number of hydrogen-bond acceptors (Lipinski definition) is 6. The third-order valence-corrected chi connectivity index (χ3v) is 9.23. The standard InChI is InChI=1S/C27H29F3N4O5S/c28-27(29,30)39-21-6-1-5-20(18-21)24-31-25(36)26(32-24)10-14-34(15-11-26)40(37,38)17-9-19-4-2-7-23-22(19)8-13-33(23)12-3-16-35/h1-2,4-8,13,18,35H,3,9-12,14-17H2,(H,31,32,36). The van der Waals surface area contributed by atoms with Gasteiger partial charge in [0, 0.05) is 48.9 Å². The zero-order chi connectivity index (χ0) is 28.5. The van der Waals surface area contributed by atoms with E-state index in [1.165, 1.54) is 16.4 Å². The molecule has 5 rings (SSSR count). The number of benzene rings is 2. The van der Waals surface area contributed by atoms with Gasteiger partial charge in [-0.15, -0.1) is 13.2 Å². The van der Waals surface area contributed by atoms with Crippen molar-refractivity contribution in [1.82, 2.24) is 14.2 Å². The van der Waals surface area contributed by atoms with E-state index in [0.29, 0.717) is 19.4 Å². The number of aliphatic hydroxyl groups excluding tert-OH is 1. The number of aromatic nitrogens is 1. The highest BCUT2D eigenvalue weighted by molar-refractivity contribution is 7.89. The Hall–Kier alpha value is -3.42. The summed E-state index contributed by atoms with van der Waals surface area (Å²) in [6.07, 6.45) is -1.65. The number of sulfonamides is 1. The average Bonchev–Trinajstić information content (AvgIpc) is 3.47. The molecule has 1 amide bonds. The molecule has 2 N–H and O–H groups in total. The minimum atomic E-state index is -4.85. The van der Waals surface area contributed by atoms with E-state index < -0.39 is 33.6 Å². The van der Waals surface area contributed by atoms with Crippen LogP contribution < -0.4 is 10.1 Å². The van der Waals surface area contributed by atoms with Crippen molar-refractivity contribution in [3.05, 3.63) is 65.9 Å². The molecular weight excluding hydrogens is 549 g/mol. The normalized spacial score (nSPS) is 17.8. The van der Waals surface area contributed by atoms with Crippen LogP contribution in [-0.4, -0.2) is 71.5 Å². The van der Waals surface area contributed by atoms with E-state index in [9.17, 15) is 26.4 Å². The van der Waals surface area contributed by atoms with Crippen molar-refractivity contribution in [2.75, 3.05) is 25.4 Å². The van der Waals surface area contributed by atoms with Crippen molar-refractivity contribution in [1.29, 1.82) is 0 Å². The SMILES string of the molecule is O=C1NC(c2cccc(OC(F)(F)F)c2)=NC12CCN(S(=O)(=O)CCc1cccc3c1ccn3CCCO)CC2. The topological polar surface area (TPSA) is 113 Å². The van der Waals surface area contributed by atoms with Gasteiger partial charge < -0.3 is 19.7 Å². The fourth-order valence-corrected chi connectivity index (χ4v) is 6.75. The van der Waals surface area contributed by atoms with Crippen LogP contribution in [0.5, 0.6) is 5.75 Å². The van der Waals surface area contributed by atoms with Gasteiger partial charge in [0.1, 0.15) is 17.1 Å². The molecule has 13 heteroatoms. The molecule has 1 fully saturated rings. The number of aliphatic imine (C=N–C) groups is 1. The summed E-state index contributed by atoms with van der Waals surface area (Å²) in [5, 5.41) is 12.7. The molecule has 214 valence electrons. The van der Waals surface area contributed by atoms with Crippen molar-refractivity contribution in [2.45, 2.75) is 44.1 Å². The maximum atomic E-state index is 13.2. The Morgan fingerprint density at radius 3 is 2.58 bits per heavy atom. The van der Waals surface area contributed by atoms with Gasteiger partial charge in [0.25, 0.3) is 5.91 Å². The molecule has 0 saturated carbocycles. The van der Waals surface area contributed by atoms with Crippen molar-refractivity contribution < 1.29 is 36.2 Å². The number of fused-ring (bicyclic) bond motifs is 1. The number of aliphatic hydroxyl groups is 1. The molecule has 9 nitrogen and oxygen atoms in total. The highest BCUT2D eigenvalue weighted by Gasteiger charge is 2.47. The molecule has 0 aliphatic carbocycles. The van der Waals surface area contributed by atoms with Gasteiger partial charge in [-0.2, -0.15) is 0 Å². The molecule has 2 aliphatic heterocycles. The van der Waals surface area contributed by atoms with Gasteiger partial charge in [0.05, 0.1) is 5.75 Å². The lowest BCUT2D eigenvalue weighted by Gasteiger charge is -2.34. The number of carbonyl (C=O) groups excluding carboxylic acids is 1. The number of nitrogens with zero attached hydrogens (tertiary/aromatic N) is 3. The number of amides is 1. The Balaban J connectivity index is 1.24. The Labute approximate surface area is 229 Å². The summed E-state index contributed by atoms with van der Waals surface area (Å²) in [6, 6.07) is 12.9. The van der Waals surface area contributed by atoms with E-state index in [1.807, 2.05) is 35.0 Å². The highest BCUT2D eigenvalue weighted by atomic mass is 32.2. The molecule has 0 bridgehead atoms. The highest BCUT2D eigenvalue weighted by Crippen LogP contribution is 2.33. The molecule has 2 aliphatic rings. The first-order chi connectivity index (χ1) is 19.0. The Morgan fingerprint density at radius 1 is 1.10 bits per heavy atom. The number of hydrogen-bond donors (Lipinski definition) is 2. The second-order valence-corrected chi connectivity index (χ2v) is 12.0. The Kier molecular flexibility index (Phi) is 7.64. The number of amidine groups is 1. The Bertz CT molecular complexity index is 1540. The number of carbonyl (C=O) groups is 1. The second-order valence-electron chi connectivity index (χ2n) is 9.92. The predicted octanol–water partition coefficient (Wildman–Crippen LogP) is 3.21. The predicted molar refractivity (Wildman–Crippen MR) is 142 cm³/mol. The van der Waals surface area contributed by atoms with Crippen LogP contribution in [0.15, 0.2) is 59.7 Å². The van der Waals surface area contributed by atoms with Gasteiger partial charge in [-0.3, -0.25) is 9.79 Å². The first kappa shape index (κ1) is 28.1. The molecule has 0 radical (unpaired) electrons. The van der Waals surface area contributed by atoms with Crippen LogP contribution >= 0.6 is 0 Å². The summed E-state index contributed by atoms with van der Waals surface area (Å²) < 4.78 is 71.6. The molecule has 3 aromatic rings. The molecule has 40 heavy (non-hydrogen) atoms. The summed E-state index contributed by atoms with van der Waals surface area (Å²) in [6.45, 7) is 0.964. The molecule has 0 unspecified atom stereocenters. The van der Waals surface area contributed by atoms with Crippen molar-refractivity contribution in [2.24, 2.45) is 4.99 Å². The number of ether oxygens (including phenoxy) is 1. The molecule has 2 aromatic carbocycles. The van der Waals surface area contributed by atoms with Crippen LogP contribution in [-0.2, 0) is 27.8 Å². The maximum absolute atomic E-state index is 13.2. The lowest BCUT2D eigenvalue weighted by Crippen LogP contribution is -2.50. The smallest absolute Gasteiger partial charge is 0.406 e. The van der Waals surface area contributed by atoms with Crippen LogP contribution in [0.1, 0.15) is 30.4 Å². The first-order valence-electron chi connectivity index (χ1n) is 12.9.